The van der Waals surface area contributed by atoms with Gasteiger partial charge in [0.05, 0.1) is 38.5 Å². The first kappa shape index (κ1) is 31.1. The Morgan fingerprint density at radius 3 is 2.43 bits per heavy atom. The van der Waals surface area contributed by atoms with E-state index in [9.17, 15) is 14.7 Å². The number of aliphatic hydroxyl groups is 1. The van der Waals surface area contributed by atoms with E-state index in [-0.39, 0.29) is 11.3 Å². The zero-order valence-corrected chi connectivity index (χ0v) is 25.6. The summed E-state index contributed by atoms with van der Waals surface area (Å²) in [5, 5.41) is 11.7. The number of amides is 1. The highest BCUT2D eigenvalue weighted by atomic mass is 16.5. The molecule has 2 aliphatic heterocycles. The third-order valence-electron chi connectivity index (χ3n) is 8.02. The van der Waals surface area contributed by atoms with Gasteiger partial charge >= 0.3 is 0 Å². The lowest BCUT2D eigenvalue weighted by Gasteiger charge is -2.29. The second-order valence-corrected chi connectivity index (χ2v) is 10.9. The highest BCUT2D eigenvalue weighted by molar-refractivity contribution is 6.46. The van der Waals surface area contributed by atoms with E-state index >= 15 is 0 Å². The predicted octanol–water partition coefficient (Wildman–Crippen LogP) is 5.13. The Kier molecular flexibility index (Phi) is 10.2. The molecule has 2 fully saturated rings. The number of aryl methyl sites for hydroxylation is 1. The highest BCUT2D eigenvalue weighted by Crippen LogP contribution is 2.42. The predicted molar refractivity (Wildman–Crippen MR) is 167 cm³/mol. The van der Waals surface area contributed by atoms with Crippen LogP contribution in [0.5, 0.6) is 17.2 Å². The fourth-order valence-corrected chi connectivity index (χ4v) is 5.75. The maximum Gasteiger partial charge on any atom is 0.295 e. The van der Waals surface area contributed by atoms with Gasteiger partial charge in [0.25, 0.3) is 11.7 Å². The minimum Gasteiger partial charge on any atom is -0.507 e. The van der Waals surface area contributed by atoms with Crippen LogP contribution in [0.3, 0.4) is 0 Å². The Morgan fingerprint density at radius 1 is 0.955 bits per heavy atom. The number of carbonyl (C=O) groups is 2. The summed E-state index contributed by atoms with van der Waals surface area (Å²) in [6.45, 7) is 8.76. The zero-order chi connectivity index (χ0) is 31.1. The third-order valence-corrected chi connectivity index (χ3v) is 8.02. The number of rotatable bonds is 12. The molecule has 0 saturated carbocycles. The van der Waals surface area contributed by atoms with E-state index in [0.29, 0.717) is 67.8 Å². The number of ether oxygens (including phenoxy) is 4. The van der Waals surface area contributed by atoms with Gasteiger partial charge in [-0.3, -0.25) is 14.5 Å². The number of nitrogens with zero attached hydrogens (tertiary/aromatic N) is 2. The standard InChI is InChI=1S/C35H40N2O7/c1-4-43-29-14-11-26(22-30(29)41-3)32-31(34(39)35(40)37(32)16-8-15-36-17-19-42-20-18-36)33(38)28-13-12-27(21-24(28)2)44-23-25-9-6-5-7-10-25/h5-7,9-14,21-22,32,38H,4,8,15-20,23H2,1-3H3/b33-31+/t32-/m0/s1. The lowest BCUT2D eigenvalue weighted by Crippen LogP contribution is -2.39. The molecule has 1 N–H and O–H groups in total. The second kappa shape index (κ2) is 14.4. The van der Waals surface area contributed by atoms with E-state index in [1.165, 1.54) is 0 Å². The number of benzene rings is 3. The minimum atomic E-state index is -0.794. The largest absolute Gasteiger partial charge is 0.507 e. The van der Waals surface area contributed by atoms with E-state index in [4.69, 9.17) is 18.9 Å². The van der Waals surface area contributed by atoms with Crippen LogP contribution in [-0.2, 0) is 20.9 Å². The van der Waals surface area contributed by atoms with Gasteiger partial charge in [-0.05, 0) is 67.3 Å². The summed E-state index contributed by atoms with van der Waals surface area (Å²) < 4.78 is 22.7. The van der Waals surface area contributed by atoms with Crippen molar-refractivity contribution in [2.45, 2.75) is 32.9 Å². The van der Waals surface area contributed by atoms with E-state index < -0.39 is 17.7 Å². The van der Waals surface area contributed by atoms with Crippen LogP contribution in [0.2, 0.25) is 0 Å². The minimum absolute atomic E-state index is 0.0497. The van der Waals surface area contributed by atoms with E-state index in [0.717, 1.165) is 30.8 Å². The first-order chi connectivity index (χ1) is 21.4. The summed E-state index contributed by atoms with van der Waals surface area (Å²) in [4.78, 5) is 31.0. The van der Waals surface area contributed by atoms with Crippen molar-refractivity contribution >= 4 is 17.4 Å². The molecule has 3 aromatic carbocycles. The fourth-order valence-electron chi connectivity index (χ4n) is 5.75. The smallest absolute Gasteiger partial charge is 0.295 e. The van der Waals surface area contributed by atoms with Crippen LogP contribution in [-0.4, -0.2) is 79.7 Å². The number of hydrogen-bond donors (Lipinski definition) is 1. The molecule has 2 heterocycles. The van der Waals surface area contributed by atoms with E-state index in [1.807, 2.05) is 56.3 Å². The van der Waals surface area contributed by atoms with Crippen molar-refractivity contribution in [1.29, 1.82) is 0 Å². The first-order valence-electron chi connectivity index (χ1n) is 15.1. The van der Waals surface area contributed by atoms with Crippen molar-refractivity contribution in [2.24, 2.45) is 0 Å². The molecule has 44 heavy (non-hydrogen) atoms. The Balaban J connectivity index is 1.47. The van der Waals surface area contributed by atoms with Gasteiger partial charge in [0.15, 0.2) is 11.5 Å². The summed E-state index contributed by atoms with van der Waals surface area (Å²) in [7, 11) is 1.55. The SMILES string of the molecule is CCOc1ccc([C@H]2/C(=C(\O)c3ccc(OCc4ccccc4)cc3C)C(=O)C(=O)N2CCCN2CCOCC2)cc1OC. The molecular weight excluding hydrogens is 560 g/mol. The van der Waals surface area contributed by atoms with Crippen molar-refractivity contribution in [3.8, 4) is 17.2 Å². The lowest BCUT2D eigenvalue weighted by molar-refractivity contribution is -0.140. The highest BCUT2D eigenvalue weighted by Gasteiger charge is 2.46. The molecule has 2 aliphatic rings. The quantitative estimate of drug-likeness (QED) is 0.174. The van der Waals surface area contributed by atoms with Crippen LogP contribution in [0, 0.1) is 6.92 Å². The number of carbonyl (C=O) groups excluding carboxylic acids is 2. The zero-order valence-electron chi connectivity index (χ0n) is 25.6. The topological polar surface area (TPSA) is 97.8 Å². The number of Topliss-reactive ketones (excluding diaryl/α,β-unsaturated/α-hetero) is 1. The van der Waals surface area contributed by atoms with E-state index in [1.54, 1.807) is 36.3 Å². The van der Waals surface area contributed by atoms with Gasteiger partial charge in [-0.15, -0.1) is 0 Å². The monoisotopic (exact) mass is 600 g/mol. The van der Waals surface area contributed by atoms with E-state index in [2.05, 4.69) is 4.90 Å². The first-order valence-corrected chi connectivity index (χ1v) is 15.1. The average molecular weight is 601 g/mol. The molecule has 0 radical (unpaired) electrons. The Bertz CT molecular complexity index is 1500. The summed E-state index contributed by atoms with van der Waals surface area (Å²) >= 11 is 0. The molecule has 0 aromatic heterocycles. The third kappa shape index (κ3) is 6.90. The number of ketones is 1. The van der Waals surface area contributed by atoms with Crippen molar-refractivity contribution in [3.63, 3.8) is 0 Å². The van der Waals surface area contributed by atoms with Crippen LogP contribution in [0.25, 0.3) is 5.76 Å². The van der Waals surface area contributed by atoms with Crippen LogP contribution >= 0.6 is 0 Å². The van der Waals surface area contributed by atoms with Crippen LogP contribution in [0.15, 0.2) is 72.3 Å². The van der Waals surface area contributed by atoms with Crippen LogP contribution < -0.4 is 14.2 Å². The molecule has 0 spiro atoms. The molecule has 5 rings (SSSR count). The normalized spacial score (nSPS) is 18.4. The van der Waals surface area contributed by atoms with Crippen LogP contribution in [0.1, 0.15) is 41.6 Å². The maximum atomic E-state index is 13.6. The maximum absolute atomic E-state index is 13.6. The average Bonchev–Trinajstić information content (AvgIpc) is 3.30. The fraction of sp³-hybridized carbons (Fsp3) is 0.371. The van der Waals surface area contributed by atoms with Gasteiger partial charge < -0.3 is 29.0 Å². The Hall–Kier alpha value is -4.34. The molecule has 0 bridgehead atoms. The van der Waals surface area contributed by atoms with Crippen molar-refractivity contribution < 1.29 is 33.6 Å². The Morgan fingerprint density at radius 2 is 1.73 bits per heavy atom. The van der Waals surface area contributed by atoms with Gasteiger partial charge in [-0.2, -0.15) is 0 Å². The molecule has 232 valence electrons. The number of aliphatic hydroxyl groups excluding tert-OH is 1. The number of likely N-dealkylation sites (tertiary alicyclic amines) is 1. The summed E-state index contributed by atoms with van der Waals surface area (Å²) in [5.41, 5.74) is 2.92. The lowest BCUT2D eigenvalue weighted by atomic mass is 9.93. The van der Waals surface area contributed by atoms with Crippen molar-refractivity contribution in [3.05, 3.63) is 94.6 Å². The van der Waals surface area contributed by atoms with Gasteiger partial charge in [0.1, 0.15) is 18.1 Å². The second-order valence-electron chi connectivity index (χ2n) is 10.9. The summed E-state index contributed by atoms with van der Waals surface area (Å²) in [6, 6.07) is 19.7. The van der Waals surface area contributed by atoms with Crippen molar-refractivity contribution in [2.75, 3.05) is 53.1 Å². The summed E-state index contributed by atoms with van der Waals surface area (Å²) in [6.07, 6.45) is 0.671. The van der Waals surface area contributed by atoms with Crippen molar-refractivity contribution in [1.82, 2.24) is 9.80 Å². The molecule has 1 amide bonds. The molecule has 0 aliphatic carbocycles. The molecule has 1 atom stereocenters. The molecular formula is C35H40N2O7. The van der Waals surface area contributed by atoms with Crippen LogP contribution in [0.4, 0.5) is 0 Å². The molecule has 9 heteroatoms. The Labute approximate surface area is 258 Å². The number of hydrogen-bond acceptors (Lipinski definition) is 8. The molecule has 2 saturated heterocycles. The molecule has 3 aromatic rings. The van der Waals surface area contributed by atoms with Gasteiger partial charge in [0, 0.05) is 31.7 Å². The van der Waals surface area contributed by atoms with Gasteiger partial charge in [-0.1, -0.05) is 36.4 Å². The van der Waals surface area contributed by atoms with Gasteiger partial charge in [-0.25, -0.2) is 0 Å². The number of morpholine rings is 1. The summed E-state index contributed by atoms with van der Waals surface area (Å²) in [5.74, 6) is 0.120. The molecule has 0 unspecified atom stereocenters. The molecule has 9 nitrogen and oxygen atoms in total. The number of methoxy groups -OCH3 is 1. The van der Waals surface area contributed by atoms with Gasteiger partial charge in [0.2, 0.25) is 0 Å².